The second kappa shape index (κ2) is 8.12. The van der Waals surface area contributed by atoms with Gasteiger partial charge in [0.15, 0.2) is 5.78 Å². The normalized spacial score (nSPS) is 13.8. The van der Waals surface area contributed by atoms with E-state index in [2.05, 4.69) is 5.10 Å². The van der Waals surface area contributed by atoms with Crippen LogP contribution in [0.3, 0.4) is 0 Å². The third kappa shape index (κ3) is 3.84. The quantitative estimate of drug-likeness (QED) is 0.434. The predicted octanol–water partition coefficient (Wildman–Crippen LogP) is 4.83. The lowest BCUT2D eigenvalue weighted by molar-refractivity contribution is 0.104. The number of ketones is 1. The number of benzene rings is 2. The third-order valence-electron chi connectivity index (χ3n) is 4.72. The van der Waals surface area contributed by atoms with E-state index >= 15 is 0 Å². The fourth-order valence-corrected chi connectivity index (χ4v) is 3.50. The molecule has 0 saturated carbocycles. The van der Waals surface area contributed by atoms with Crippen molar-refractivity contribution in [3.05, 3.63) is 82.4 Å². The van der Waals surface area contributed by atoms with Gasteiger partial charge in [-0.3, -0.25) is 9.69 Å². The zero-order chi connectivity index (χ0) is 21.3. The molecule has 0 radical (unpaired) electrons. The van der Waals surface area contributed by atoms with Crippen LogP contribution in [0.15, 0.2) is 54.6 Å². The van der Waals surface area contributed by atoms with Crippen LogP contribution in [0.25, 0.3) is 11.8 Å². The number of nitrogens with zero attached hydrogens (tertiary/aromatic N) is 3. The van der Waals surface area contributed by atoms with Gasteiger partial charge in [-0.05, 0) is 55.5 Å². The Morgan fingerprint density at radius 2 is 1.97 bits per heavy atom. The van der Waals surface area contributed by atoms with Gasteiger partial charge in [0.1, 0.15) is 17.6 Å². The maximum atomic E-state index is 13.2. The van der Waals surface area contributed by atoms with Gasteiger partial charge in [0.25, 0.3) is 0 Å². The van der Waals surface area contributed by atoms with E-state index in [0.717, 1.165) is 0 Å². The minimum absolute atomic E-state index is 0.241. The number of halogens is 2. The van der Waals surface area contributed by atoms with Crippen molar-refractivity contribution in [3.8, 4) is 5.69 Å². The van der Waals surface area contributed by atoms with Crippen molar-refractivity contribution in [3.63, 3.8) is 0 Å². The molecule has 2 aromatic carbocycles. The van der Waals surface area contributed by atoms with E-state index in [-0.39, 0.29) is 11.6 Å². The average Bonchev–Trinajstić information content (AvgIpc) is 3.30. The number of carbonyl (C=O) groups is 2. The zero-order valence-electron chi connectivity index (χ0n) is 16.0. The van der Waals surface area contributed by atoms with E-state index < -0.39 is 6.09 Å². The first-order chi connectivity index (χ1) is 14.4. The van der Waals surface area contributed by atoms with Gasteiger partial charge in [0, 0.05) is 16.8 Å². The van der Waals surface area contributed by atoms with Gasteiger partial charge in [-0.15, -0.1) is 0 Å². The molecule has 30 heavy (non-hydrogen) atoms. The summed E-state index contributed by atoms with van der Waals surface area (Å²) in [4.78, 5) is 25.9. The molecule has 0 N–H and O–H groups in total. The number of cyclic esters (lactones) is 1. The van der Waals surface area contributed by atoms with Crippen LogP contribution in [0.5, 0.6) is 0 Å². The summed E-state index contributed by atoms with van der Waals surface area (Å²) in [5.74, 6) is -0.594. The number of hydrogen-bond acceptors (Lipinski definition) is 4. The minimum Gasteiger partial charge on any atom is -0.447 e. The maximum absolute atomic E-state index is 13.2. The summed E-state index contributed by atoms with van der Waals surface area (Å²) >= 11 is 6.45. The molecule has 1 aromatic heterocycles. The highest BCUT2D eigenvalue weighted by molar-refractivity contribution is 6.31. The lowest BCUT2D eigenvalue weighted by atomic mass is 10.1. The van der Waals surface area contributed by atoms with Crippen LogP contribution >= 0.6 is 11.6 Å². The van der Waals surface area contributed by atoms with E-state index in [1.807, 2.05) is 0 Å². The summed E-state index contributed by atoms with van der Waals surface area (Å²) in [6.45, 7) is 2.55. The average molecular weight is 426 g/mol. The minimum atomic E-state index is -0.425. The molecule has 1 aliphatic heterocycles. The summed E-state index contributed by atoms with van der Waals surface area (Å²) in [6, 6.07) is 12.6. The molecule has 1 saturated heterocycles. The van der Waals surface area contributed by atoms with E-state index in [1.54, 1.807) is 49.4 Å². The summed E-state index contributed by atoms with van der Waals surface area (Å²) in [5, 5.41) is 4.69. The number of hydrogen-bond donors (Lipinski definition) is 0. The number of amides is 1. The van der Waals surface area contributed by atoms with Crippen LogP contribution in [0.1, 0.15) is 21.6 Å². The highest BCUT2D eigenvalue weighted by Gasteiger charge is 2.24. The maximum Gasteiger partial charge on any atom is 0.414 e. The van der Waals surface area contributed by atoms with Crippen molar-refractivity contribution in [2.45, 2.75) is 6.92 Å². The van der Waals surface area contributed by atoms with E-state index in [4.69, 9.17) is 16.3 Å². The number of ether oxygens (including phenoxy) is 1. The molecule has 152 valence electrons. The molecule has 1 aliphatic rings. The Balaban J connectivity index is 1.58. The van der Waals surface area contributed by atoms with E-state index in [9.17, 15) is 14.0 Å². The highest BCUT2D eigenvalue weighted by Crippen LogP contribution is 2.25. The van der Waals surface area contributed by atoms with Crippen molar-refractivity contribution in [2.75, 3.05) is 18.1 Å². The molecular formula is C22H17ClFN3O3. The molecular weight excluding hydrogens is 409 g/mol. The van der Waals surface area contributed by atoms with Crippen LogP contribution in [0, 0.1) is 12.7 Å². The molecule has 3 aromatic rings. The van der Waals surface area contributed by atoms with Gasteiger partial charge >= 0.3 is 6.09 Å². The van der Waals surface area contributed by atoms with Crippen molar-refractivity contribution in [1.82, 2.24) is 9.78 Å². The van der Waals surface area contributed by atoms with Crippen LogP contribution in [0.2, 0.25) is 5.15 Å². The van der Waals surface area contributed by atoms with Gasteiger partial charge in [-0.2, -0.15) is 5.10 Å². The fraction of sp³-hybridized carbons (Fsp3) is 0.136. The smallest absolute Gasteiger partial charge is 0.414 e. The molecule has 1 amide bonds. The van der Waals surface area contributed by atoms with Gasteiger partial charge in [0.2, 0.25) is 0 Å². The van der Waals surface area contributed by atoms with Gasteiger partial charge in [-0.25, -0.2) is 13.9 Å². The van der Waals surface area contributed by atoms with Gasteiger partial charge < -0.3 is 4.74 Å². The molecule has 0 spiro atoms. The van der Waals surface area contributed by atoms with E-state index in [1.165, 1.54) is 27.8 Å². The molecule has 0 bridgehead atoms. The highest BCUT2D eigenvalue weighted by atomic mass is 35.5. The monoisotopic (exact) mass is 425 g/mol. The topological polar surface area (TPSA) is 64.4 Å². The zero-order valence-corrected chi connectivity index (χ0v) is 16.8. The number of carbonyl (C=O) groups excluding carboxylic acids is 2. The van der Waals surface area contributed by atoms with Crippen molar-refractivity contribution >= 4 is 35.2 Å². The molecule has 0 atom stereocenters. The van der Waals surface area contributed by atoms with Crippen LogP contribution in [0.4, 0.5) is 14.9 Å². The van der Waals surface area contributed by atoms with Gasteiger partial charge in [0.05, 0.1) is 17.9 Å². The number of allylic oxidation sites excluding steroid dienone is 1. The van der Waals surface area contributed by atoms with Crippen LogP contribution in [-0.4, -0.2) is 34.8 Å². The number of rotatable bonds is 5. The Kier molecular flexibility index (Phi) is 5.37. The molecule has 2 heterocycles. The lowest BCUT2D eigenvalue weighted by Crippen LogP contribution is -2.23. The molecule has 0 unspecified atom stereocenters. The van der Waals surface area contributed by atoms with E-state index in [0.29, 0.717) is 46.5 Å². The van der Waals surface area contributed by atoms with Gasteiger partial charge in [-0.1, -0.05) is 23.7 Å². The lowest BCUT2D eigenvalue weighted by Gasteiger charge is -2.13. The Bertz CT molecular complexity index is 1150. The summed E-state index contributed by atoms with van der Waals surface area (Å²) in [7, 11) is 0. The molecule has 1 fully saturated rings. The first kappa shape index (κ1) is 19.8. The second-order valence-corrected chi connectivity index (χ2v) is 7.05. The van der Waals surface area contributed by atoms with Crippen LogP contribution < -0.4 is 4.90 Å². The van der Waals surface area contributed by atoms with Crippen molar-refractivity contribution in [2.24, 2.45) is 0 Å². The molecule has 8 heteroatoms. The number of anilines is 1. The third-order valence-corrected chi connectivity index (χ3v) is 5.09. The Morgan fingerprint density at radius 3 is 2.67 bits per heavy atom. The Hall–Kier alpha value is -3.45. The molecule has 4 rings (SSSR count). The number of aryl methyl sites for hydroxylation is 1. The molecule has 0 aliphatic carbocycles. The van der Waals surface area contributed by atoms with Crippen molar-refractivity contribution in [1.29, 1.82) is 0 Å². The summed E-state index contributed by atoms with van der Waals surface area (Å²) < 4.78 is 19.6. The van der Waals surface area contributed by atoms with Crippen molar-refractivity contribution < 1.29 is 18.7 Å². The largest absolute Gasteiger partial charge is 0.447 e. The molecule has 6 nitrogen and oxygen atoms in total. The van der Waals surface area contributed by atoms with Crippen LogP contribution in [-0.2, 0) is 4.74 Å². The summed E-state index contributed by atoms with van der Waals surface area (Å²) in [6.07, 6.45) is 2.58. The SMILES string of the molecule is Cc1nn(-c2ccc(F)cc2)c(Cl)c1/C=C/C(=O)c1cccc(N2CCOC2=O)c1. The Morgan fingerprint density at radius 1 is 1.20 bits per heavy atom. The standard InChI is InChI=1S/C22H17ClFN3O3/c1-14-19(21(23)27(25-14)17-7-5-16(24)6-8-17)9-10-20(28)15-3-2-4-18(13-15)26-11-12-30-22(26)29/h2-10,13H,11-12H2,1H3/b10-9+. The fourth-order valence-electron chi connectivity index (χ4n) is 3.16. The Labute approximate surface area is 177 Å². The summed E-state index contributed by atoms with van der Waals surface area (Å²) in [5.41, 5.74) is 2.87. The predicted molar refractivity (Wildman–Crippen MR) is 112 cm³/mol. The first-order valence-corrected chi connectivity index (χ1v) is 9.59. The number of aromatic nitrogens is 2. The first-order valence-electron chi connectivity index (χ1n) is 9.22. The second-order valence-electron chi connectivity index (χ2n) is 6.69.